The number of rotatable bonds is 10. The Kier molecular flexibility index (Phi) is 8.77. The number of ether oxygens (including phenoxy) is 1. The van der Waals surface area contributed by atoms with Crippen LogP contribution in [0.1, 0.15) is 27.5 Å². The third-order valence-corrected chi connectivity index (χ3v) is 7.60. The number of anilines is 1. The van der Waals surface area contributed by atoms with Crippen LogP contribution in [0.4, 0.5) is 15.0 Å². The summed E-state index contributed by atoms with van der Waals surface area (Å²) >= 11 is 0. The Bertz CT molecular complexity index is 2020. The summed E-state index contributed by atoms with van der Waals surface area (Å²) in [5, 5.41) is 12.3. The third-order valence-electron chi connectivity index (χ3n) is 7.60. The first-order valence-corrected chi connectivity index (χ1v) is 14.5. The van der Waals surface area contributed by atoms with E-state index in [9.17, 15) is 14.0 Å². The van der Waals surface area contributed by atoms with Crippen molar-refractivity contribution < 1.29 is 18.7 Å². The van der Waals surface area contributed by atoms with E-state index < -0.39 is 11.7 Å². The molecule has 0 aliphatic carbocycles. The van der Waals surface area contributed by atoms with Crippen LogP contribution >= 0.6 is 0 Å². The number of aromatic nitrogens is 8. The van der Waals surface area contributed by atoms with Gasteiger partial charge in [0.2, 0.25) is 0 Å². The number of benzene rings is 2. The van der Waals surface area contributed by atoms with Gasteiger partial charge in [-0.05, 0) is 47.9 Å². The van der Waals surface area contributed by atoms with E-state index in [4.69, 9.17) is 15.6 Å². The van der Waals surface area contributed by atoms with E-state index in [-0.39, 0.29) is 42.3 Å². The number of methoxy groups -OCH3 is 1. The standard InChI is InChI=1S/C32H30FN11O3/c1-42(32(46)43-19-36-17-40-43)16-24(13-20-9-11-35-12-10-20)44-30-27(29(34)38-18-39-30)28(41-44)22-5-3-21(4-6-22)15-37-31(45)25-14-23(33)7-8-26(25)47-2/h3-12,14,17-19,24H,13,15-16H2,1-2H3,(H,37,45)(H2,34,38,39). The maximum absolute atomic E-state index is 13.8. The summed E-state index contributed by atoms with van der Waals surface area (Å²) in [7, 11) is 3.10. The molecule has 4 aromatic heterocycles. The second-order valence-electron chi connectivity index (χ2n) is 10.7. The van der Waals surface area contributed by atoms with Crippen LogP contribution in [0, 0.1) is 5.82 Å². The molecule has 2 amide bonds. The predicted molar refractivity (Wildman–Crippen MR) is 170 cm³/mol. The molecule has 1 unspecified atom stereocenters. The monoisotopic (exact) mass is 635 g/mol. The molecule has 4 heterocycles. The Morgan fingerprint density at radius 2 is 1.81 bits per heavy atom. The molecular weight excluding hydrogens is 605 g/mol. The average molecular weight is 636 g/mol. The fourth-order valence-corrected chi connectivity index (χ4v) is 5.26. The number of pyridine rings is 1. The maximum atomic E-state index is 13.8. The van der Waals surface area contributed by atoms with E-state index in [0.717, 1.165) is 27.4 Å². The molecule has 0 saturated heterocycles. The minimum absolute atomic E-state index is 0.103. The number of nitrogens with two attached hydrogens (primary N) is 1. The molecule has 0 spiro atoms. The van der Waals surface area contributed by atoms with Gasteiger partial charge in [-0.15, -0.1) is 0 Å². The lowest BCUT2D eigenvalue weighted by Gasteiger charge is -2.24. The number of nitrogens with zero attached hydrogens (tertiary/aromatic N) is 9. The number of nitrogens with one attached hydrogen (secondary N) is 1. The lowest BCUT2D eigenvalue weighted by molar-refractivity contribution is 0.0947. The van der Waals surface area contributed by atoms with Crippen molar-refractivity contribution in [3.8, 4) is 17.0 Å². The fourth-order valence-electron chi connectivity index (χ4n) is 5.26. The second-order valence-corrected chi connectivity index (χ2v) is 10.7. The number of halogens is 1. The molecule has 0 aliphatic heterocycles. The quantitative estimate of drug-likeness (QED) is 0.227. The summed E-state index contributed by atoms with van der Waals surface area (Å²) in [4.78, 5) is 44.2. The van der Waals surface area contributed by atoms with Crippen molar-refractivity contribution in [2.24, 2.45) is 0 Å². The highest BCUT2D eigenvalue weighted by atomic mass is 19.1. The zero-order valence-electron chi connectivity index (χ0n) is 25.5. The smallest absolute Gasteiger partial charge is 0.345 e. The molecule has 0 saturated carbocycles. The molecule has 6 rings (SSSR count). The van der Waals surface area contributed by atoms with Crippen molar-refractivity contribution in [3.05, 3.63) is 108 Å². The summed E-state index contributed by atoms with van der Waals surface area (Å²) in [6.07, 6.45) is 7.96. The van der Waals surface area contributed by atoms with Gasteiger partial charge < -0.3 is 20.7 Å². The lowest BCUT2D eigenvalue weighted by atomic mass is 10.1. The molecule has 15 heteroatoms. The Balaban J connectivity index is 1.30. The van der Waals surface area contributed by atoms with Gasteiger partial charge in [-0.3, -0.25) is 9.78 Å². The van der Waals surface area contributed by atoms with Crippen LogP contribution in [-0.4, -0.2) is 77.0 Å². The van der Waals surface area contributed by atoms with Gasteiger partial charge in [0.25, 0.3) is 5.91 Å². The Hall–Kier alpha value is -6.25. The minimum Gasteiger partial charge on any atom is -0.496 e. The van der Waals surface area contributed by atoms with Crippen molar-refractivity contribution >= 4 is 28.8 Å². The molecule has 0 fully saturated rings. The number of hydrogen-bond acceptors (Lipinski definition) is 10. The number of carbonyl (C=O) groups is 2. The Morgan fingerprint density at radius 1 is 1.02 bits per heavy atom. The number of hydrogen-bond donors (Lipinski definition) is 2. The maximum Gasteiger partial charge on any atom is 0.345 e. The van der Waals surface area contributed by atoms with Crippen molar-refractivity contribution in [1.29, 1.82) is 0 Å². The van der Waals surface area contributed by atoms with E-state index in [1.54, 1.807) is 29.0 Å². The average Bonchev–Trinajstić information content (AvgIpc) is 3.77. The van der Waals surface area contributed by atoms with E-state index in [2.05, 4.69) is 30.4 Å². The molecule has 2 aromatic carbocycles. The topological polar surface area (TPSA) is 172 Å². The summed E-state index contributed by atoms with van der Waals surface area (Å²) in [6.45, 7) is 0.454. The molecule has 238 valence electrons. The van der Waals surface area contributed by atoms with E-state index in [1.165, 1.54) is 38.2 Å². The zero-order valence-corrected chi connectivity index (χ0v) is 25.5. The summed E-state index contributed by atoms with van der Waals surface area (Å²) in [5.41, 5.74) is 10.1. The summed E-state index contributed by atoms with van der Waals surface area (Å²) < 4.78 is 21.9. The number of likely N-dealkylation sites (N-methyl/N-ethyl adjacent to an activating group) is 1. The van der Waals surface area contributed by atoms with Crippen molar-refractivity contribution in [2.45, 2.75) is 19.0 Å². The molecule has 0 radical (unpaired) electrons. The molecular formula is C32H30FN11O3. The highest BCUT2D eigenvalue weighted by Crippen LogP contribution is 2.33. The second kappa shape index (κ2) is 13.4. The first-order chi connectivity index (χ1) is 22.8. The van der Waals surface area contributed by atoms with Crippen molar-refractivity contribution in [2.75, 3.05) is 26.4 Å². The predicted octanol–water partition coefficient (Wildman–Crippen LogP) is 3.52. The van der Waals surface area contributed by atoms with Crippen molar-refractivity contribution in [3.63, 3.8) is 0 Å². The molecule has 47 heavy (non-hydrogen) atoms. The summed E-state index contributed by atoms with van der Waals surface area (Å²) in [5.74, 6) is -0.469. The minimum atomic E-state index is -0.535. The van der Waals surface area contributed by atoms with Crippen LogP contribution in [0.5, 0.6) is 5.75 Å². The van der Waals surface area contributed by atoms with Gasteiger partial charge in [0, 0.05) is 38.1 Å². The molecule has 14 nitrogen and oxygen atoms in total. The highest BCUT2D eigenvalue weighted by molar-refractivity contribution is 5.98. The largest absolute Gasteiger partial charge is 0.496 e. The normalized spacial score (nSPS) is 11.7. The van der Waals surface area contributed by atoms with E-state index >= 15 is 0 Å². The molecule has 0 bridgehead atoms. The van der Waals surface area contributed by atoms with E-state index in [0.29, 0.717) is 23.1 Å². The van der Waals surface area contributed by atoms with Crippen LogP contribution in [0.2, 0.25) is 0 Å². The molecule has 1 atom stereocenters. The van der Waals surface area contributed by atoms with Gasteiger partial charge in [0.15, 0.2) is 5.65 Å². The summed E-state index contributed by atoms with van der Waals surface area (Å²) in [6, 6.07) is 14.3. The first-order valence-electron chi connectivity index (χ1n) is 14.5. The van der Waals surface area contributed by atoms with Gasteiger partial charge in [-0.25, -0.2) is 28.8 Å². The Morgan fingerprint density at radius 3 is 2.53 bits per heavy atom. The van der Waals surface area contributed by atoms with Gasteiger partial charge in [0.05, 0.1) is 24.1 Å². The van der Waals surface area contributed by atoms with Crippen LogP contribution in [0.15, 0.2) is 86.0 Å². The first kappa shape index (κ1) is 30.8. The van der Waals surface area contributed by atoms with Crippen molar-refractivity contribution in [1.82, 2.24) is 49.7 Å². The highest BCUT2D eigenvalue weighted by Gasteiger charge is 2.26. The number of nitrogen functional groups attached to an aromatic ring is 1. The van der Waals surface area contributed by atoms with Gasteiger partial charge >= 0.3 is 6.03 Å². The van der Waals surface area contributed by atoms with E-state index in [1.807, 2.05) is 36.4 Å². The van der Waals surface area contributed by atoms with Crippen LogP contribution in [-0.2, 0) is 13.0 Å². The lowest BCUT2D eigenvalue weighted by Crippen LogP contribution is -2.37. The number of fused-ring (bicyclic) bond motifs is 1. The zero-order chi connectivity index (χ0) is 32.9. The Labute approximate surface area is 268 Å². The molecule has 3 N–H and O–H groups in total. The molecule has 0 aliphatic rings. The van der Waals surface area contributed by atoms with Crippen LogP contribution in [0.25, 0.3) is 22.3 Å². The molecule has 6 aromatic rings. The fraction of sp³-hybridized carbons (Fsp3) is 0.188. The van der Waals surface area contributed by atoms with Crippen LogP contribution < -0.4 is 15.8 Å². The third kappa shape index (κ3) is 6.58. The van der Waals surface area contributed by atoms with Crippen LogP contribution in [0.3, 0.4) is 0 Å². The van der Waals surface area contributed by atoms with Gasteiger partial charge in [0.1, 0.15) is 42.1 Å². The SMILES string of the molecule is COc1ccc(F)cc1C(=O)NCc1ccc(-c2nn(C(Cc3ccncc3)CN(C)C(=O)n3cncn3)c3ncnc(N)c23)cc1. The van der Waals surface area contributed by atoms with Gasteiger partial charge in [-0.1, -0.05) is 24.3 Å². The number of carbonyl (C=O) groups excluding carboxylic acids is 2. The van der Waals surface area contributed by atoms with Gasteiger partial charge in [-0.2, -0.15) is 14.9 Å². The number of amides is 2.